The molecule has 0 aliphatic rings. The summed E-state index contributed by atoms with van der Waals surface area (Å²) in [5.74, 6) is -0.766. The fourth-order valence-electron chi connectivity index (χ4n) is 2.17. The Labute approximate surface area is 128 Å². The molecule has 0 saturated carbocycles. The average molecular weight is 306 g/mol. The van der Waals surface area contributed by atoms with Gasteiger partial charge in [0.1, 0.15) is 5.82 Å². The van der Waals surface area contributed by atoms with Crippen LogP contribution in [0.3, 0.4) is 0 Å². The first-order chi connectivity index (χ1) is 9.99. The second-order valence-electron chi connectivity index (χ2n) is 5.23. The molecule has 0 aliphatic heterocycles. The van der Waals surface area contributed by atoms with Crippen LogP contribution in [0.25, 0.3) is 0 Å². The van der Waals surface area contributed by atoms with Crippen LogP contribution in [0, 0.1) is 11.7 Å². The van der Waals surface area contributed by atoms with Gasteiger partial charge in [0.2, 0.25) is 0 Å². The Morgan fingerprint density at radius 1 is 1.10 bits per heavy atom. The van der Waals surface area contributed by atoms with E-state index in [4.69, 9.17) is 11.6 Å². The molecule has 0 aromatic heterocycles. The SMILES string of the molecule is CC(C)C(NC(=O)c1ccccc1F)c1ccc(Cl)cc1. The van der Waals surface area contributed by atoms with E-state index >= 15 is 0 Å². The van der Waals surface area contributed by atoms with Gasteiger partial charge in [-0.2, -0.15) is 0 Å². The van der Waals surface area contributed by atoms with Crippen molar-refractivity contribution in [2.45, 2.75) is 19.9 Å². The second-order valence-corrected chi connectivity index (χ2v) is 5.66. The summed E-state index contributed by atoms with van der Waals surface area (Å²) in [4.78, 5) is 12.2. The van der Waals surface area contributed by atoms with Crippen LogP contribution >= 0.6 is 11.6 Å². The zero-order chi connectivity index (χ0) is 15.4. The third-order valence-electron chi connectivity index (χ3n) is 3.30. The first-order valence-corrected chi connectivity index (χ1v) is 7.17. The Hall–Kier alpha value is -1.87. The van der Waals surface area contributed by atoms with Gasteiger partial charge >= 0.3 is 0 Å². The normalized spacial score (nSPS) is 12.2. The summed E-state index contributed by atoms with van der Waals surface area (Å²) in [6.07, 6.45) is 0. The third kappa shape index (κ3) is 3.82. The zero-order valence-electron chi connectivity index (χ0n) is 11.9. The average Bonchev–Trinajstić information content (AvgIpc) is 2.46. The molecule has 0 heterocycles. The van der Waals surface area contributed by atoms with Gasteiger partial charge < -0.3 is 5.32 Å². The highest BCUT2D eigenvalue weighted by Crippen LogP contribution is 2.24. The summed E-state index contributed by atoms with van der Waals surface area (Å²) in [6, 6.07) is 13.1. The van der Waals surface area contributed by atoms with Crippen LogP contribution < -0.4 is 5.32 Å². The predicted molar refractivity (Wildman–Crippen MR) is 82.9 cm³/mol. The van der Waals surface area contributed by atoms with Gasteiger partial charge in [-0.1, -0.05) is 49.7 Å². The number of nitrogens with one attached hydrogen (secondary N) is 1. The largest absolute Gasteiger partial charge is 0.345 e. The minimum absolute atomic E-state index is 0.0529. The number of hydrogen-bond donors (Lipinski definition) is 1. The van der Waals surface area contributed by atoms with Crippen LogP contribution in [0.15, 0.2) is 48.5 Å². The van der Waals surface area contributed by atoms with E-state index in [-0.39, 0.29) is 17.5 Å². The third-order valence-corrected chi connectivity index (χ3v) is 3.55. The van der Waals surface area contributed by atoms with Crippen molar-refractivity contribution in [1.29, 1.82) is 0 Å². The highest BCUT2D eigenvalue weighted by molar-refractivity contribution is 6.30. The highest BCUT2D eigenvalue weighted by atomic mass is 35.5. The molecule has 0 aliphatic carbocycles. The van der Waals surface area contributed by atoms with Crippen LogP contribution in [0.2, 0.25) is 5.02 Å². The standard InChI is InChI=1S/C17H17ClFNO/c1-11(2)16(12-7-9-13(18)10-8-12)20-17(21)14-5-3-4-6-15(14)19/h3-11,16H,1-2H3,(H,20,21). The monoisotopic (exact) mass is 305 g/mol. The van der Waals surface area contributed by atoms with Crippen LogP contribution in [0.4, 0.5) is 4.39 Å². The van der Waals surface area contributed by atoms with Crippen LogP contribution in [-0.4, -0.2) is 5.91 Å². The van der Waals surface area contributed by atoms with Gasteiger partial charge in [0.15, 0.2) is 0 Å². The topological polar surface area (TPSA) is 29.1 Å². The lowest BCUT2D eigenvalue weighted by Gasteiger charge is -2.23. The summed E-state index contributed by atoms with van der Waals surface area (Å²) in [5, 5.41) is 3.53. The van der Waals surface area contributed by atoms with Gasteiger partial charge in [-0.25, -0.2) is 4.39 Å². The van der Waals surface area contributed by atoms with E-state index < -0.39 is 11.7 Å². The Morgan fingerprint density at radius 3 is 2.29 bits per heavy atom. The molecular weight excluding hydrogens is 289 g/mol. The fraction of sp³-hybridized carbons (Fsp3) is 0.235. The summed E-state index contributed by atoms with van der Waals surface area (Å²) < 4.78 is 13.7. The lowest BCUT2D eigenvalue weighted by Crippen LogP contribution is -2.32. The number of amides is 1. The van der Waals surface area contributed by atoms with Gasteiger partial charge in [-0.15, -0.1) is 0 Å². The smallest absolute Gasteiger partial charge is 0.254 e. The minimum atomic E-state index is -0.520. The molecule has 0 fully saturated rings. The van der Waals surface area contributed by atoms with E-state index in [9.17, 15) is 9.18 Å². The molecule has 2 aromatic carbocycles. The number of halogens is 2. The fourth-order valence-corrected chi connectivity index (χ4v) is 2.30. The van der Waals surface area contributed by atoms with E-state index in [2.05, 4.69) is 5.32 Å². The summed E-state index contributed by atoms with van der Waals surface area (Å²) in [5.41, 5.74) is 0.996. The minimum Gasteiger partial charge on any atom is -0.345 e. The molecule has 0 bridgehead atoms. The molecule has 21 heavy (non-hydrogen) atoms. The van der Waals surface area contributed by atoms with Crippen molar-refractivity contribution in [3.8, 4) is 0 Å². The van der Waals surface area contributed by atoms with Crippen molar-refractivity contribution in [1.82, 2.24) is 5.32 Å². The number of carbonyl (C=O) groups is 1. The molecule has 1 amide bonds. The van der Waals surface area contributed by atoms with Gasteiger partial charge in [-0.05, 0) is 35.7 Å². The Kier molecular flexibility index (Phi) is 4.97. The molecule has 0 saturated heterocycles. The summed E-state index contributed by atoms with van der Waals surface area (Å²) in [7, 11) is 0. The Balaban J connectivity index is 2.23. The lowest BCUT2D eigenvalue weighted by molar-refractivity contribution is 0.0921. The molecule has 4 heteroatoms. The molecule has 0 radical (unpaired) electrons. The molecule has 2 nitrogen and oxygen atoms in total. The first kappa shape index (κ1) is 15.5. The number of hydrogen-bond acceptors (Lipinski definition) is 1. The second kappa shape index (κ2) is 6.72. The molecule has 2 aromatic rings. The van der Waals surface area contributed by atoms with Crippen molar-refractivity contribution in [3.05, 3.63) is 70.5 Å². The van der Waals surface area contributed by atoms with E-state index in [1.165, 1.54) is 12.1 Å². The molecule has 0 spiro atoms. The van der Waals surface area contributed by atoms with Crippen LogP contribution in [0.1, 0.15) is 35.8 Å². The number of rotatable bonds is 4. The number of carbonyl (C=O) groups excluding carboxylic acids is 1. The Morgan fingerprint density at radius 2 is 1.71 bits per heavy atom. The molecular formula is C17H17ClFNO. The number of benzene rings is 2. The van der Waals surface area contributed by atoms with Crippen molar-refractivity contribution < 1.29 is 9.18 Å². The van der Waals surface area contributed by atoms with Crippen molar-refractivity contribution >= 4 is 17.5 Å². The van der Waals surface area contributed by atoms with Crippen molar-refractivity contribution in [3.63, 3.8) is 0 Å². The molecule has 2 rings (SSSR count). The van der Waals surface area contributed by atoms with Gasteiger partial charge in [0.05, 0.1) is 11.6 Å². The predicted octanol–water partition coefficient (Wildman–Crippen LogP) is 4.61. The molecule has 110 valence electrons. The maximum absolute atomic E-state index is 13.7. The maximum Gasteiger partial charge on any atom is 0.254 e. The van der Waals surface area contributed by atoms with Crippen LogP contribution in [0.5, 0.6) is 0 Å². The molecule has 1 N–H and O–H groups in total. The zero-order valence-corrected chi connectivity index (χ0v) is 12.7. The van der Waals surface area contributed by atoms with Crippen LogP contribution in [-0.2, 0) is 0 Å². The summed E-state index contributed by atoms with van der Waals surface area (Å²) in [6.45, 7) is 4.00. The molecule has 1 atom stereocenters. The van der Waals surface area contributed by atoms with E-state index in [0.29, 0.717) is 5.02 Å². The lowest BCUT2D eigenvalue weighted by atomic mass is 9.95. The summed E-state index contributed by atoms with van der Waals surface area (Å²) >= 11 is 5.88. The van der Waals surface area contributed by atoms with E-state index in [1.54, 1.807) is 24.3 Å². The van der Waals surface area contributed by atoms with Gasteiger partial charge in [0, 0.05) is 5.02 Å². The Bertz CT molecular complexity index is 625. The maximum atomic E-state index is 13.7. The molecule has 1 unspecified atom stereocenters. The highest BCUT2D eigenvalue weighted by Gasteiger charge is 2.20. The van der Waals surface area contributed by atoms with Crippen molar-refractivity contribution in [2.75, 3.05) is 0 Å². The van der Waals surface area contributed by atoms with Crippen molar-refractivity contribution in [2.24, 2.45) is 5.92 Å². The van der Waals surface area contributed by atoms with E-state index in [1.807, 2.05) is 26.0 Å². The first-order valence-electron chi connectivity index (χ1n) is 6.80. The quantitative estimate of drug-likeness (QED) is 0.878. The van der Waals surface area contributed by atoms with Gasteiger partial charge in [0.25, 0.3) is 5.91 Å². The van der Waals surface area contributed by atoms with E-state index in [0.717, 1.165) is 5.56 Å². The van der Waals surface area contributed by atoms with Gasteiger partial charge in [-0.3, -0.25) is 4.79 Å².